The van der Waals surface area contributed by atoms with Gasteiger partial charge in [-0.25, -0.2) is 0 Å². The summed E-state index contributed by atoms with van der Waals surface area (Å²) in [6.07, 6.45) is 1.35. The standard InChI is InChI=1S/C23H25N3OS/c1-4-25-22-14-19(27-16(2)3)10-11-20(22)21(15-24)23(25)17-6-8-18(9-7-17)26-12-5-13-28-26/h6-11,14,16H,4-5,12-13H2,1-3H3. The highest BCUT2D eigenvalue weighted by molar-refractivity contribution is 8.00. The number of benzene rings is 2. The summed E-state index contributed by atoms with van der Waals surface area (Å²) in [5, 5.41) is 10.9. The predicted molar refractivity (Wildman–Crippen MR) is 118 cm³/mol. The van der Waals surface area contributed by atoms with E-state index in [0.717, 1.165) is 46.6 Å². The molecule has 0 aliphatic carbocycles. The molecule has 0 atom stereocenters. The van der Waals surface area contributed by atoms with E-state index in [0.29, 0.717) is 0 Å². The zero-order valence-corrected chi connectivity index (χ0v) is 17.4. The lowest BCUT2D eigenvalue weighted by Crippen LogP contribution is -2.08. The molecular formula is C23H25N3OS. The van der Waals surface area contributed by atoms with Crippen LogP contribution in [0.2, 0.25) is 0 Å². The molecule has 1 aliphatic rings. The highest BCUT2D eigenvalue weighted by atomic mass is 32.2. The van der Waals surface area contributed by atoms with Crippen LogP contribution in [-0.2, 0) is 6.54 Å². The van der Waals surface area contributed by atoms with Crippen LogP contribution in [-0.4, -0.2) is 23.0 Å². The van der Waals surface area contributed by atoms with Crippen LogP contribution in [0.15, 0.2) is 42.5 Å². The lowest BCUT2D eigenvalue weighted by Gasteiger charge is -2.16. The molecule has 2 heterocycles. The minimum atomic E-state index is 0.119. The first kappa shape index (κ1) is 18.8. The monoisotopic (exact) mass is 391 g/mol. The van der Waals surface area contributed by atoms with E-state index in [1.54, 1.807) is 0 Å². The number of fused-ring (bicyclic) bond motifs is 1. The van der Waals surface area contributed by atoms with E-state index in [1.165, 1.54) is 17.9 Å². The Bertz CT molecular complexity index is 1020. The van der Waals surface area contributed by atoms with E-state index < -0.39 is 0 Å². The van der Waals surface area contributed by atoms with Crippen LogP contribution in [0, 0.1) is 11.3 Å². The number of nitrogens with zero attached hydrogens (tertiary/aromatic N) is 3. The number of aromatic nitrogens is 1. The molecule has 3 aromatic rings. The molecule has 1 fully saturated rings. The normalized spacial score (nSPS) is 14.0. The van der Waals surface area contributed by atoms with Crippen molar-refractivity contribution in [1.82, 2.24) is 4.57 Å². The molecule has 0 bridgehead atoms. The van der Waals surface area contributed by atoms with Crippen molar-refractivity contribution in [2.24, 2.45) is 0 Å². The number of ether oxygens (including phenoxy) is 1. The smallest absolute Gasteiger partial charge is 0.121 e. The largest absolute Gasteiger partial charge is 0.491 e. The van der Waals surface area contributed by atoms with Gasteiger partial charge in [0.15, 0.2) is 0 Å². The van der Waals surface area contributed by atoms with Gasteiger partial charge in [0.25, 0.3) is 0 Å². The minimum absolute atomic E-state index is 0.119. The van der Waals surface area contributed by atoms with Gasteiger partial charge >= 0.3 is 0 Å². The zero-order chi connectivity index (χ0) is 19.7. The summed E-state index contributed by atoms with van der Waals surface area (Å²) in [6, 6.07) is 17.1. The van der Waals surface area contributed by atoms with Crippen LogP contribution in [0.3, 0.4) is 0 Å². The molecule has 144 valence electrons. The van der Waals surface area contributed by atoms with Crippen LogP contribution < -0.4 is 9.04 Å². The maximum Gasteiger partial charge on any atom is 0.121 e. The van der Waals surface area contributed by atoms with Crippen LogP contribution in [0.25, 0.3) is 22.2 Å². The molecule has 4 nitrogen and oxygen atoms in total. The SMILES string of the molecule is CCn1c(-c2ccc(N3CCCS3)cc2)c(C#N)c2ccc(OC(C)C)cc21. The maximum atomic E-state index is 9.92. The van der Waals surface area contributed by atoms with Gasteiger partial charge in [-0.3, -0.25) is 0 Å². The molecule has 0 radical (unpaired) electrons. The first-order valence-electron chi connectivity index (χ1n) is 9.86. The van der Waals surface area contributed by atoms with Crippen LogP contribution >= 0.6 is 11.9 Å². The Hall–Kier alpha value is -2.58. The van der Waals surface area contributed by atoms with Crippen molar-refractivity contribution in [3.63, 3.8) is 0 Å². The maximum absolute atomic E-state index is 9.92. The van der Waals surface area contributed by atoms with E-state index >= 15 is 0 Å². The Morgan fingerprint density at radius 3 is 2.57 bits per heavy atom. The van der Waals surface area contributed by atoms with Gasteiger partial charge in [0.05, 0.1) is 22.9 Å². The molecule has 0 unspecified atom stereocenters. The lowest BCUT2D eigenvalue weighted by molar-refractivity contribution is 0.242. The molecule has 0 spiro atoms. The number of anilines is 1. The molecule has 28 heavy (non-hydrogen) atoms. The van der Waals surface area contributed by atoms with Gasteiger partial charge in [-0.2, -0.15) is 5.26 Å². The number of nitriles is 1. The topological polar surface area (TPSA) is 41.2 Å². The average molecular weight is 392 g/mol. The summed E-state index contributed by atoms with van der Waals surface area (Å²) >= 11 is 1.88. The van der Waals surface area contributed by atoms with Crippen molar-refractivity contribution in [3.8, 4) is 23.1 Å². The second kappa shape index (κ2) is 7.81. The summed E-state index contributed by atoms with van der Waals surface area (Å²) < 4.78 is 10.4. The fourth-order valence-electron chi connectivity index (χ4n) is 3.85. The highest BCUT2D eigenvalue weighted by Crippen LogP contribution is 2.37. The van der Waals surface area contributed by atoms with E-state index in [4.69, 9.17) is 4.74 Å². The van der Waals surface area contributed by atoms with Gasteiger partial charge in [0.1, 0.15) is 11.8 Å². The van der Waals surface area contributed by atoms with Gasteiger partial charge in [-0.1, -0.05) is 12.1 Å². The van der Waals surface area contributed by atoms with Crippen molar-refractivity contribution in [2.75, 3.05) is 16.6 Å². The molecule has 2 aromatic carbocycles. The van der Waals surface area contributed by atoms with E-state index in [2.05, 4.69) is 52.2 Å². The molecule has 1 aliphatic heterocycles. The molecule has 1 aromatic heterocycles. The molecular weight excluding hydrogens is 366 g/mol. The highest BCUT2D eigenvalue weighted by Gasteiger charge is 2.19. The van der Waals surface area contributed by atoms with Gasteiger partial charge in [-0.05, 0) is 69.0 Å². The Morgan fingerprint density at radius 1 is 1.18 bits per heavy atom. The van der Waals surface area contributed by atoms with Gasteiger partial charge in [0, 0.05) is 36.0 Å². The number of rotatable bonds is 5. The number of hydrogen-bond donors (Lipinski definition) is 0. The lowest BCUT2D eigenvalue weighted by atomic mass is 10.1. The van der Waals surface area contributed by atoms with E-state index in [-0.39, 0.29) is 6.10 Å². The first-order chi connectivity index (χ1) is 13.6. The Labute approximate surface area is 170 Å². The molecule has 0 N–H and O–H groups in total. The Kier molecular flexibility index (Phi) is 5.23. The van der Waals surface area contributed by atoms with Crippen LogP contribution in [0.1, 0.15) is 32.8 Å². The van der Waals surface area contributed by atoms with E-state index in [1.807, 2.05) is 37.9 Å². The van der Waals surface area contributed by atoms with E-state index in [9.17, 15) is 5.26 Å². The fraction of sp³-hybridized carbons (Fsp3) is 0.348. The summed E-state index contributed by atoms with van der Waals surface area (Å²) in [5.74, 6) is 2.03. The Morgan fingerprint density at radius 2 is 1.96 bits per heavy atom. The Balaban J connectivity index is 1.82. The predicted octanol–water partition coefficient (Wildman–Crippen LogP) is 5.85. The van der Waals surface area contributed by atoms with Gasteiger partial charge in [-0.15, -0.1) is 0 Å². The van der Waals surface area contributed by atoms with Gasteiger partial charge in [0.2, 0.25) is 0 Å². The summed E-state index contributed by atoms with van der Waals surface area (Å²) in [4.78, 5) is 0. The third kappa shape index (κ3) is 3.33. The molecule has 5 heteroatoms. The van der Waals surface area contributed by atoms with Crippen molar-refractivity contribution < 1.29 is 4.74 Å². The number of aryl methyl sites for hydroxylation is 1. The number of hydrogen-bond acceptors (Lipinski definition) is 4. The van der Waals surface area contributed by atoms with Crippen molar-refractivity contribution >= 4 is 28.5 Å². The summed E-state index contributed by atoms with van der Waals surface area (Å²) in [5.41, 5.74) is 5.08. The summed E-state index contributed by atoms with van der Waals surface area (Å²) in [7, 11) is 0. The second-order valence-corrected chi connectivity index (χ2v) is 8.37. The summed E-state index contributed by atoms with van der Waals surface area (Å²) in [6.45, 7) is 8.06. The average Bonchev–Trinajstić information content (AvgIpc) is 3.33. The zero-order valence-electron chi connectivity index (χ0n) is 16.6. The van der Waals surface area contributed by atoms with Crippen molar-refractivity contribution in [2.45, 2.75) is 39.8 Å². The molecule has 1 saturated heterocycles. The quantitative estimate of drug-likeness (QED) is 0.512. The fourth-order valence-corrected chi connectivity index (χ4v) is 4.86. The van der Waals surface area contributed by atoms with Gasteiger partial charge < -0.3 is 13.6 Å². The van der Waals surface area contributed by atoms with Crippen molar-refractivity contribution in [3.05, 3.63) is 48.0 Å². The third-order valence-electron chi connectivity index (χ3n) is 5.02. The van der Waals surface area contributed by atoms with Crippen molar-refractivity contribution in [1.29, 1.82) is 5.26 Å². The molecule has 4 rings (SSSR count). The van der Waals surface area contributed by atoms with Crippen LogP contribution in [0.4, 0.5) is 5.69 Å². The van der Waals surface area contributed by atoms with Crippen LogP contribution in [0.5, 0.6) is 5.75 Å². The first-order valence-corrected chi connectivity index (χ1v) is 10.8. The molecule has 0 saturated carbocycles. The second-order valence-electron chi connectivity index (χ2n) is 7.26. The molecule has 0 amide bonds. The third-order valence-corrected chi connectivity index (χ3v) is 6.19. The minimum Gasteiger partial charge on any atom is -0.491 e.